The van der Waals surface area contributed by atoms with Gasteiger partial charge in [-0.15, -0.1) is 0 Å². The molecule has 2 aromatic rings. The average molecular weight is 432 g/mol. The molecule has 0 aliphatic rings. The van der Waals surface area contributed by atoms with Crippen molar-refractivity contribution in [3.05, 3.63) is 69.3 Å². The molecular weight excluding hydrogens is 432 g/mol. The summed E-state index contributed by atoms with van der Waals surface area (Å²) in [6.07, 6.45) is 0. The molecule has 2 aromatic carbocycles. The van der Waals surface area contributed by atoms with Gasteiger partial charge in [-0.2, -0.15) is 4.20 Å². The maximum Gasteiger partial charge on any atom is 0.238 e. The molecule has 0 bridgehead atoms. The third kappa shape index (κ3) is 3.76. The summed E-state index contributed by atoms with van der Waals surface area (Å²) in [6.45, 7) is 0. The van der Waals surface area contributed by atoms with Gasteiger partial charge in [0.1, 0.15) is 11.1 Å². The summed E-state index contributed by atoms with van der Waals surface area (Å²) >= 11 is 0. The van der Waals surface area contributed by atoms with E-state index in [0.717, 1.165) is 0 Å². The third-order valence-corrected chi connectivity index (χ3v) is 3.59. The quantitative estimate of drug-likeness (QED) is 0.163. The second-order valence-electron chi connectivity index (χ2n) is 4.64. The molecule has 2 rings (SSSR count). The fraction of sp³-hybridized carbons (Fsp3) is 0. The lowest BCUT2D eigenvalue weighted by atomic mass is 10.2. The zero-order chi connectivity index (χ0) is 21.3. The van der Waals surface area contributed by atoms with Gasteiger partial charge in [0, 0.05) is 0 Å². The van der Waals surface area contributed by atoms with Crippen LogP contribution in [-0.2, 0) is 0 Å². The van der Waals surface area contributed by atoms with Crippen LogP contribution in [0.4, 0.5) is 48.1 Å². The van der Waals surface area contributed by atoms with E-state index in [4.69, 9.17) is 0 Å². The normalized spacial score (nSPS) is 10.4. The van der Waals surface area contributed by atoms with E-state index in [1.165, 1.54) is 23.2 Å². The Kier molecular flexibility index (Phi) is 6.20. The predicted octanol–water partition coefficient (Wildman–Crippen LogP) is 5.76. The maximum atomic E-state index is 13.6. The van der Waals surface area contributed by atoms with E-state index in [-0.39, 0.29) is 0 Å². The first-order chi connectivity index (χ1) is 13.0. The van der Waals surface area contributed by atoms with Crippen molar-refractivity contribution in [1.29, 1.82) is 0 Å². The highest BCUT2D eigenvalue weighted by Crippen LogP contribution is 2.35. The van der Waals surface area contributed by atoms with Gasteiger partial charge in [-0.25, -0.2) is 43.9 Å². The van der Waals surface area contributed by atoms with Gasteiger partial charge in [-0.3, -0.25) is 0 Å². The lowest BCUT2D eigenvalue weighted by molar-refractivity contribution is 0.376. The largest absolute Gasteiger partial charge is 0.238 e. The molecule has 28 heavy (non-hydrogen) atoms. The summed E-state index contributed by atoms with van der Waals surface area (Å²) in [5.41, 5.74) is -0.717. The molecule has 0 saturated heterocycles. The highest BCUT2D eigenvalue weighted by Gasteiger charge is 2.26. The van der Waals surface area contributed by atoms with E-state index in [1.807, 2.05) is 0 Å². The van der Waals surface area contributed by atoms with Gasteiger partial charge in [0.25, 0.3) is 0 Å². The monoisotopic (exact) mass is 432 g/mol. The number of hydrogen-bond acceptors (Lipinski definition) is 0. The lowest BCUT2D eigenvalue weighted by Gasteiger charge is -2.02. The van der Waals surface area contributed by atoms with Crippen molar-refractivity contribution in [1.82, 2.24) is 0 Å². The molecule has 0 spiro atoms. The van der Waals surface area contributed by atoms with E-state index in [9.17, 15) is 48.1 Å². The van der Waals surface area contributed by atoms with Gasteiger partial charge in [0.05, 0.1) is 0 Å². The lowest BCUT2D eigenvalue weighted by Crippen LogP contribution is -2.04. The molecule has 0 aliphatic heterocycles. The minimum atomic E-state index is -3.50. The van der Waals surface area contributed by atoms with E-state index >= 15 is 0 Å². The summed E-state index contributed by atoms with van der Waals surface area (Å²) in [5, 5.41) is 0. The number of benzene rings is 2. The molecule has 0 heterocycles. The Labute approximate surface area is 149 Å². The molecule has 12 heteroatoms. The molecule has 0 unspecified atom stereocenters. The van der Waals surface area contributed by atoms with Crippen molar-refractivity contribution >= 4 is 8.23 Å². The molecule has 146 valence electrons. The zero-order valence-corrected chi connectivity index (χ0v) is 13.5. The molecular formula is C16F11P. The van der Waals surface area contributed by atoms with Crippen molar-refractivity contribution in [3.8, 4) is 23.2 Å². The minimum absolute atomic E-state index is 1.30. The summed E-state index contributed by atoms with van der Waals surface area (Å²) in [6, 6.07) is 0. The molecule has 0 saturated carbocycles. The van der Waals surface area contributed by atoms with Gasteiger partial charge < -0.3 is 0 Å². The smallest absolute Gasteiger partial charge is 0.202 e. The van der Waals surface area contributed by atoms with Crippen LogP contribution in [0.3, 0.4) is 0 Å². The topological polar surface area (TPSA) is 0 Å². The van der Waals surface area contributed by atoms with E-state index in [0.29, 0.717) is 0 Å². The van der Waals surface area contributed by atoms with Crippen LogP contribution >= 0.6 is 8.23 Å². The van der Waals surface area contributed by atoms with Gasteiger partial charge in [-0.1, -0.05) is 11.8 Å². The van der Waals surface area contributed by atoms with Crippen LogP contribution in [-0.4, -0.2) is 0 Å². The van der Waals surface area contributed by atoms with Crippen LogP contribution in [0.5, 0.6) is 0 Å². The van der Waals surface area contributed by atoms with Crippen LogP contribution in [0.2, 0.25) is 0 Å². The minimum Gasteiger partial charge on any atom is -0.202 e. The van der Waals surface area contributed by atoms with Gasteiger partial charge in [0.15, 0.2) is 46.5 Å². The highest BCUT2D eigenvalue weighted by molar-refractivity contribution is 7.62. The second-order valence-corrected chi connectivity index (χ2v) is 5.65. The Balaban J connectivity index is 2.45. The SMILES string of the molecule is Fc1c(F)c(F)c(C#CP(F)C#Cc2c(F)c(F)c(F)c(F)c2F)c(F)c1F. The Morgan fingerprint density at radius 3 is 0.857 bits per heavy atom. The molecule has 0 nitrogen and oxygen atoms in total. The summed E-state index contributed by atoms with van der Waals surface area (Å²) < 4.78 is 144. The van der Waals surface area contributed by atoms with Gasteiger partial charge in [-0.05, 0) is 11.3 Å². The Bertz CT molecular complexity index is 957. The fourth-order valence-corrected chi connectivity index (χ4v) is 2.14. The average Bonchev–Trinajstić information content (AvgIpc) is 2.67. The highest BCUT2D eigenvalue weighted by atomic mass is 31.2. The first kappa shape index (κ1) is 21.5. The Morgan fingerprint density at radius 1 is 0.393 bits per heavy atom. The van der Waals surface area contributed by atoms with E-state index in [2.05, 4.69) is 0 Å². The van der Waals surface area contributed by atoms with Crippen LogP contribution in [0.1, 0.15) is 11.1 Å². The van der Waals surface area contributed by atoms with Crippen LogP contribution in [0, 0.1) is 81.3 Å². The number of rotatable bonds is 0. The predicted molar refractivity (Wildman–Crippen MR) is 74.2 cm³/mol. The fourth-order valence-electron chi connectivity index (χ4n) is 1.67. The second kappa shape index (κ2) is 8.07. The van der Waals surface area contributed by atoms with E-state index < -0.39 is 77.5 Å². The first-order valence-corrected chi connectivity index (χ1v) is 7.74. The van der Waals surface area contributed by atoms with Crippen molar-refractivity contribution in [2.45, 2.75) is 0 Å². The van der Waals surface area contributed by atoms with Crippen molar-refractivity contribution < 1.29 is 48.1 Å². The zero-order valence-electron chi connectivity index (χ0n) is 12.6. The van der Waals surface area contributed by atoms with Crippen LogP contribution < -0.4 is 0 Å². The first-order valence-electron chi connectivity index (χ1n) is 6.51. The third-order valence-electron chi connectivity index (χ3n) is 2.98. The van der Waals surface area contributed by atoms with Crippen molar-refractivity contribution in [3.63, 3.8) is 0 Å². The maximum absolute atomic E-state index is 13.6. The summed E-state index contributed by atoms with van der Waals surface area (Å²) in [4.78, 5) is 0. The molecule has 0 radical (unpaired) electrons. The molecule has 0 fully saturated rings. The van der Waals surface area contributed by atoms with Crippen molar-refractivity contribution in [2.75, 3.05) is 0 Å². The summed E-state index contributed by atoms with van der Waals surface area (Å²) in [5.74, 6) is -21.2. The van der Waals surface area contributed by atoms with Gasteiger partial charge >= 0.3 is 0 Å². The van der Waals surface area contributed by atoms with Crippen LogP contribution in [0.15, 0.2) is 0 Å². The van der Waals surface area contributed by atoms with Crippen LogP contribution in [0.25, 0.3) is 0 Å². The van der Waals surface area contributed by atoms with E-state index in [1.54, 1.807) is 0 Å². The molecule has 0 aromatic heterocycles. The standard InChI is InChI=1S/C16F11P/c17-7-5(8(18)12(22)15(25)11(7)21)1-3-28(27)4-2-6-9(19)13(23)16(26)14(24)10(6)20. The van der Waals surface area contributed by atoms with Crippen molar-refractivity contribution in [2.24, 2.45) is 0 Å². The molecule has 0 aliphatic carbocycles. The number of hydrogen-bond donors (Lipinski definition) is 0. The molecule has 0 amide bonds. The van der Waals surface area contributed by atoms with Gasteiger partial charge in [0.2, 0.25) is 19.9 Å². The summed E-state index contributed by atoms with van der Waals surface area (Å²) in [7, 11) is -3.50. The molecule has 0 atom stereocenters. The molecule has 0 N–H and O–H groups in total. The Hall–Kier alpha value is -2.78. The Morgan fingerprint density at radius 2 is 0.607 bits per heavy atom. The number of halogens is 11.